The number of nitrogens with zero attached hydrogens (tertiary/aromatic N) is 2. The lowest BCUT2D eigenvalue weighted by molar-refractivity contribution is 0.318. The number of rotatable bonds is 3. The molecule has 2 atom stereocenters. The van der Waals surface area contributed by atoms with Crippen molar-refractivity contribution in [2.75, 3.05) is 24.6 Å². The molecule has 2 unspecified atom stereocenters. The van der Waals surface area contributed by atoms with E-state index in [0.717, 1.165) is 37.6 Å². The van der Waals surface area contributed by atoms with Crippen LogP contribution in [0, 0.1) is 0 Å². The molecule has 0 radical (unpaired) electrons. The third kappa shape index (κ3) is 3.11. The van der Waals surface area contributed by atoms with Gasteiger partial charge >= 0.3 is 0 Å². The third-order valence-electron chi connectivity index (χ3n) is 3.85. The maximum atomic E-state index is 5.54. The molecule has 0 aromatic carbocycles. The highest BCUT2D eigenvalue weighted by atomic mass is 32.2. The summed E-state index contributed by atoms with van der Waals surface area (Å²) >= 11 is 4.05. The minimum atomic E-state index is 0.419. The molecule has 2 fully saturated rings. The van der Waals surface area contributed by atoms with Crippen molar-refractivity contribution in [3.63, 3.8) is 0 Å². The maximum Gasteiger partial charge on any atom is 0.229 e. The Labute approximate surface area is 122 Å². The van der Waals surface area contributed by atoms with E-state index in [9.17, 15) is 0 Å². The smallest absolute Gasteiger partial charge is 0.229 e. The first-order chi connectivity index (χ1) is 9.38. The molecule has 0 spiro atoms. The van der Waals surface area contributed by atoms with Gasteiger partial charge in [-0.15, -0.1) is 11.8 Å². The van der Waals surface area contributed by atoms with Crippen molar-refractivity contribution < 1.29 is 4.52 Å². The predicted molar refractivity (Wildman–Crippen MR) is 80.9 cm³/mol. The molecule has 1 N–H and O–H groups in total. The lowest BCUT2D eigenvalue weighted by Gasteiger charge is -2.27. The molecule has 4 nitrogen and oxygen atoms in total. The maximum absolute atomic E-state index is 5.54. The van der Waals surface area contributed by atoms with Gasteiger partial charge in [0.15, 0.2) is 5.82 Å². The van der Waals surface area contributed by atoms with Crippen LogP contribution in [0.3, 0.4) is 0 Å². The van der Waals surface area contributed by atoms with Gasteiger partial charge in [0, 0.05) is 22.7 Å². The summed E-state index contributed by atoms with van der Waals surface area (Å²) in [6.07, 6.45) is 3.41. The van der Waals surface area contributed by atoms with Gasteiger partial charge in [-0.2, -0.15) is 16.7 Å². The summed E-state index contributed by atoms with van der Waals surface area (Å²) in [6.45, 7) is 4.38. The van der Waals surface area contributed by atoms with Crippen LogP contribution in [0.15, 0.2) is 4.52 Å². The highest BCUT2D eigenvalue weighted by molar-refractivity contribution is 8.06. The van der Waals surface area contributed by atoms with Crippen molar-refractivity contribution in [3.05, 3.63) is 11.7 Å². The van der Waals surface area contributed by atoms with Crippen LogP contribution in [0.25, 0.3) is 0 Å². The second-order valence-electron chi connectivity index (χ2n) is 5.12. The second kappa shape index (κ2) is 6.50. The van der Waals surface area contributed by atoms with Crippen LogP contribution in [-0.2, 0) is 0 Å². The summed E-state index contributed by atoms with van der Waals surface area (Å²) in [5.41, 5.74) is 0. The van der Waals surface area contributed by atoms with E-state index in [1.165, 1.54) is 17.9 Å². The molecule has 0 aliphatic carbocycles. The van der Waals surface area contributed by atoms with E-state index in [1.807, 2.05) is 11.8 Å². The molecule has 6 heteroatoms. The number of piperidine rings is 1. The molecule has 0 saturated carbocycles. The Morgan fingerprint density at radius 2 is 2.05 bits per heavy atom. The highest BCUT2D eigenvalue weighted by Gasteiger charge is 2.31. The van der Waals surface area contributed by atoms with Gasteiger partial charge in [-0.25, -0.2) is 0 Å². The number of nitrogens with one attached hydrogen (secondary N) is 1. The van der Waals surface area contributed by atoms with E-state index in [0.29, 0.717) is 16.4 Å². The van der Waals surface area contributed by atoms with Crippen molar-refractivity contribution >= 4 is 23.5 Å². The lowest BCUT2D eigenvalue weighted by Crippen LogP contribution is -2.26. The molecular formula is C13H21N3OS2. The van der Waals surface area contributed by atoms with Gasteiger partial charge in [0.1, 0.15) is 0 Å². The fourth-order valence-electron chi connectivity index (χ4n) is 2.74. The average Bonchev–Trinajstić information content (AvgIpc) is 2.98. The number of hydrogen-bond acceptors (Lipinski definition) is 6. The molecule has 3 heterocycles. The van der Waals surface area contributed by atoms with Crippen LogP contribution >= 0.6 is 23.5 Å². The van der Waals surface area contributed by atoms with E-state index in [1.54, 1.807) is 0 Å². The Hall–Kier alpha value is -0.200. The highest BCUT2D eigenvalue weighted by Crippen LogP contribution is 2.43. The first-order valence-corrected chi connectivity index (χ1v) is 9.25. The minimum absolute atomic E-state index is 0.419. The summed E-state index contributed by atoms with van der Waals surface area (Å²) in [7, 11) is 0. The van der Waals surface area contributed by atoms with E-state index < -0.39 is 0 Å². The Kier molecular flexibility index (Phi) is 4.71. The van der Waals surface area contributed by atoms with E-state index in [2.05, 4.69) is 29.2 Å². The van der Waals surface area contributed by atoms with Crippen molar-refractivity contribution in [1.82, 2.24) is 15.5 Å². The van der Waals surface area contributed by atoms with Gasteiger partial charge in [-0.1, -0.05) is 12.1 Å². The minimum Gasteiger partial charge on any atom is -0.339 e. The molecule has 2 aliphatic heterocycles. The van der Waals surface area contributed by atoms with Gasteiger partial charge in [0.25, 0.3) is 0 Å². The van der Waals surface area contributed by atoms with Crippen molar-refractivity contribution in [2.24, 2.45) is 0 Å². The monoisotopic (exact) mass is 299 g/mol. The molecular weight excluding hydrogens is 278 g/mol. The average molecular weight is 299 g/mol. The first-order valence-electron chi connectivity index (χ1n) is 7.16. The Morgan fingerprint density at radius 1 is 1.26 bits per heavy atom. The summed E-state index contributed by atoms with van der Waals surface area (Å²) in [5.74, 6) is 4.70. The molecule has 2 saturated heterocycles. The molecule has 1 aromatic rings. The van der Waals surface area contributed by atoms with Gasteiger partial charge < -0.3 is 9.84 Å². The number of thioether (sulfide) groups is 2. The van der Waals surface area contributed by atoms with E-state index >= 15 is 0 Å². The Morgan fingerprint density at radius 3 is 2.84 bits per heavy atom. The fourth-order valence-corrected chi connectivity index (χ4v) is 5.72. The molecule has 0 bridgehead atoms. The number of hydrogen-bond donors (Lipinski definition) is 1. The first kappa shape index (κ1) is 13.8. The van der Waals surface area contributed by atoms with Crippen LogP contribution in [0.5, 0.6) is 0 Å². The standard InChI is InChI=1S/C13H21N3OS2/c1-2-10-11(19-8-7-18-10)12-15-13(17-16-12)9-3-5-14-6-4-9/h9-11,14H,2-8H2,1H3. The zero-order chi connectivity index (χ0) is 13.1. The van der Waals surface area contributed by atoms with Crippen molar-refractivity contribution in [3.8, 4) is 0 Å². The van der Waals surface area contributed by atoms with Crippen LogP contribution in [0.2, 0.25) is 0 Å². The third-order valence-corrected chi connectivity index (χ3v) is 7.10. The molecule has 106 valence electrons. The van der Waals surface area contributed by atoms with Gasteiger partial charge in [0.2, 0.25) is 5.89 Å². The van der Waals surface area contributed by atoms with Crippen molar-refractivity contribution in [2.45, 2.75) is 42.6 Å². The van der Waals surface area contributed by atoms with Crippen LogP contribution in [0.4, 0.5) is 0 Å². The van der Waals surface area contributed by atoms with Crippen molar-refractivity contribution in [1.29, 1.82) is 0 Å². The molecule has 0 amide bonds. The van der Waals surface area contributed by atoms with Gasteiger partial charge in [-0.05, 0) is 32.4 Å². The Balaban J connectivity index is 1.72. The normalized spacial score (nSPS) is 29.5. The van der Waals surface area contributed by atoms with Crippen LogP contribution < -0.4 is 5.32 Å². The summed E-state index contributed by atoms with van der Waals surface area (Å²) < 4.78 is 5.54. The van der Waals surface area contributed by atoms with E-state index in [4.69, 9.17) is 9.51 Å². The fraction of sp³-hybridized carbons (Fsp3) is 0.846. The Bertz CT molecular complexity index is 406. The second-order valence-corrected chi connectivity index (χ2v) is 7.72. The van der Waals surface area contributed by atoms with E-state index in [-0.39, 0.29) is 0 Å². The summed E-state index contributed by atoms with van der Waals surface area (Å²) in [6, 6.07) is 0. The molecule has 19 heavy (non-hydrogen) atoms. The molecule has 1 aromatic heterocycles. The van der Waals surface area contributed by atoms with Crippen LogP contribution in [-0.4, -0.2) is 40.0 Å². The predicted octanol–water partition coefficient (Wildman–Crippen LogP) is 2.84. The SMILES string of the molecule is CCC1SCCSC1c1noc(C2CCNCC2)n1. The summed E-state index contributed by atoms with van der Waals surface area (Å²) in [5, 5.41) is 8.70. The summed E-state index contributed by atoms with van der Waals surface area (Å²) in [4.78, 5) is 4.72. The zero-order valence-corrected chi connectivity index (χ0v) is 12.9. The largest absolute Gasteiger partial charge is 0.339 e. The molecule has 3 rings (SSSR count). The lowest BCUT2D eigenvalue weighted by atomic mass is 9.98. The van der Waals surface area contributed by atoms with Crippen LogP contribution in [0.1, 0.15) is 49.1 Å². The molecule has 2 aliphatic rings. The number of aromatic nitrogens is 2. The zero-order valence-electron chi connectivity index (χ0n) is 11.3. The van der Waals surface area contributed by atoms with Gasteiger partial charge in [-0.3, -0.25) is 0 Å². The topological polar surface area (TPSA) is 51.0 Å². The van der Waals surface area contributed by atoms with Gasteiger partial charge in [0.05, 0.1) is 5.25 Å². The quantitative estimate of drug-likeness (QED) is 0.926.